The van der Waals surface area contributed by atoms with Crippen molar-refractivity contribution in [3.05, 3.63) is 0 Å². The third kappa shape index (κ3) is 2.15. The summed E-state index contributed by atoms with van der Waals surface area (Å²) in [5.41, 5.74) is 0.692. The Morgan fingerprint density at radius 1 is 1.21 bits per heavy atom. The van der Waals surface area contributed by atoms with Gasteiger partial charge in [0.2, 0.25) is 0 Å². The zero-order chi connectivity index (χ0) is 10.9. The lowest BCUT2D eigenvalue weighted by molar-refractivity contribution is 0.323. The fourth-order valence-electron chi connectivity index (χ4n) is 3.02. The van der Waals surface area contributed by atoms with E-state index in [0.29, 0.717) is 5.41 Å². The molecule has 0 radical (unpaired) electrons. The van der Waals surface area contributed by atoms with Gasteiger partial charge >= 0.3 is 0 Å². The van der Waals surface area contributed by atoms with Crippen LogP contribution in [0.5, 0.6) is 0 Å². The molecule has 0 aliphatic heterocycles. The van der Waals surface area contributed by atoms with Crippen LogP contribution in [0.2, 0.25) is 0 Å². The van der Waals surface area contributed by atoms with E-state index in [4.69, 9.17) is 0 Å². The number of rotatable bonds is 5. The predicted octanol–water partition coefficient (Wildman–Crippen LogP) is 4.74. The molecule has 0 bridgehead atoms. The lowest BCUT2D eigenvalue weighted by atomic mass is 9.87. The van der Waals surface area contributed by atoms with Crippen LogP contribution in [0.15, 0.2) is 0 Å². The Hall–Kier alpha value is 0. The highest BCUT2D eigenvalue weighted by Crippen LogP contribution is 2.62. The van der Waals surface area contributed by atoms with Crippen molar-refractivity contribution in [1.82, 2.24) is 0 Å². The van der Waals surface area contributed by atoms with E-state index in [9.17, 15) is 0 Å². The van der Waals surface area contributed by atoms with Crippen LogP contribution in [-0.2, 0) is 0 Å². The molecule has 0 heteroatoms. The molecule has 0 nitrogen and oxygen atoms in total. The van der Waals surface area contributed by atoms with Gasteiger partial charge in [-0.25, -0.2) is 0 Å². The van der Waals surface area contributed by atoms with E-state index in [2.05, 4.69) is 41.5 Å². The first kappa shape index (κ1) is 12.1. The fraction of sp³-hybridized carbons (Fsp3) is 1.00. The van der Waals surface area contributed by atoms with Gasteiger partial charge in [-0.05, 0) is 41.9 Å². The zero-order valence-electron chi connectivity index (χ0n) is 10.9. The molecule has 0 aromatic rings. The van der Waals surface area contributed by atoms with Crippen LogP contribution in [0.1, 0.15) is 60.8 Å². The maximum Gasteiger partial charge on any atom is -0.0266 e. The molecule has 0 heterocycles. The molecule has 1 aliphatic rings. The van der Waals surface area contributed by atoms with E-state index in [1.165, 1.54) is 19.3 Å². The first-order valence-electron chi connectivity index (χ1n) is 6.43. The maximum atomic E-state index is 2.50. The second-order valence-electron chi connectivity index (χ2n) is 6.07. The van der Waals surface area contributed by atoms with Gasteiger partial charge in [-0.2, -0.15) is 0 Å². The van der Waals surface area contributed by atoms with Crippen LogP contribution >= 0.6 is 0 Å². The molecule has 0 aromatic heterocycles. The quantitative estimate of drug-likeness (QED) is 0.595. The van der Waals surface area contributed by atoms with E-state index in [1.54, 1.807) is 0 Å². The smallest absolute Gasteiger partial charge is 0.0266 e. The predicted molar refractivity (Wildman–Crippen MR) is 64.3 cm³/mol. The van der Waals surface area contributed by atoms with Crippen molar-refractivity contribution in [3.8, 4) is 0 Å². The third-order valence-corrected chi connectivity index (χ3v) is 5.10. The van der Waals surface area contributed by atoms with E-state index in [0.717, 1.165) is 23.7 Å². The average molecular weight is 196 g/mol. The molecule has 0 aromatic carbocycles. The van der Waals surface area contributed by atoms with Gasteiger partial charge in [-0.1, -0.05) is 48.0 Å². The minimum atomic E-state index is 0.692. The van der Waals surface area contributed by atoms with Crippen molar-refractivity contribution in [2.24, 2.45) is 29.1 Å². The molecule has 1 saturated carbocycles. The van der Waals surface area contributed by atoms with Gasteiger partial charge in [0.15, 0.2) is 0 Å². The first-order chi connectivity index (χ1) is 6.43. The molecule has 1 aliphatic carbocycles. The standard InChI is InChI=1S/C14H28/c1-7-13-12(5)14(13,6)9-8-11(4)10(2)3/h10-13H,7-9H2,1-6H3. The van der Waals surface area contributed by atoms with Gasteiger partial charge in [0, 0.05) is 0 Å². The van der Waals surface area contributed by atoms with E-state index in [1.807, 2.05) is 0 Å². The minimum Gasteiger partial charge on any atom is -0.0651 e. The highest BCUT2D eigenvalue weighted by atomic mass is 14.6. The van der Waals surface area contributed by atoms with Gasteiger partial charge in [-0.3, -0.25) is 0 Å². The maximum absolute atomic E-state index is 2.50. The lowest BCUT2D eigenvalue weighted by Gasteiger charge is -2.19. The molecule has 0 saturated heterocycles. The Balaban J connectivity index is 2.32. The van der Waals surface area contributed by atoms with Gasteiger partial charge in [0.05, 0.1) is 0 Å². The third-order valence-electron chi connectivity index (χ3n) is 5.10. The number of hydrogen-bond donors (Lipinski definition) is 0. The van der Waals surface area contributed by atoms with Gasteiger partial charge in [0.1, 0.15) is 0 Å². The molecule has 84 valence electrons. The Labute approximate surface area is 90.5 Å². The summed E-state index contributed by atoms with van der Waals surface area (Å²) >= 11 is 0. The van der Waals surface area contributed by atoms with Crippen molar-refractivity contribution in [3.63, 3.8) is 0 Å². The van der Waals surface area contributed by atoms with Gasteiger partial charge < -0.3 is 0 Å². The summed E-state index contributed by atoms with van der Waals surface area (Å²) in [6.07, 6.45) is 4.26. The fourth-order valence-corrected chi connectivity index (χ4v) is 3.02. The van der Waals surface area contributed by atoms with Gasteiger partial charge in [0.25, 0.3) is 0 Å². The van der Waals surface area contributed by atoms with Crippen molar-refractivity contribution < 1.29 is 0 Å². The molecule has 1 fully saturated rings. The average Bonchev–Trinajstić information content (AvgIpc) is 2.65. The van der Waals surface area contributed by atoms with Crippen LogP contribution in [0.25, 0.3) is 0 Å². The van der Waals surface area contributed by atoms with Crippen LogP contribution in [0.4, 0.5) is 0 Å². The summed E-state index contributed by atoms with van der Waals surface area (Å²) in [4.78, 5) is 0. The first-order valence-corrected chi connectivity index (χ1v) is 6.43. The Morgan fingerprint density at radius 3 is 2.14 bits per heavy atom. The summed E-state index contributed by atoms with van der Waals surface area (Å²) in [5.74, 6) is 3.75. The molecule has 14 heavy (non-hydrogen) atoms. The van der Waals surface area contributed by atoms with Crippen molar-refractivity contribution in [1.29, 1.82) is 0 Å². The SMILES string of the molecule is CCC1C(C)C1(C)CCC(C)C(C)C. The second kappa shape index (κ2) is 4.24. The van der Waals surface area contributed by atoms with Crippen molar-refractivity contribution >= 4 is 0 Å². The monoisotopic (exact) mass is 196 g/mol. The van der Waals surface area contributed by atoms with E-state index in [-0.39, 0.29) is 0 Å². The minimum absolute atomic E-state index is 0.692. The molecule has 1 rings (SSSR count). The summed E-state index contributed by atoms with van der Waals surface area (Å²) in [7, 11) is 0. The van der Waals surface area contributed by atoms with Crippen molar-refractivity contribution in [2.45, 2.75) is 60.8 Å². The molecule has 0 amide bonds. The molecule has 4 atom stereocenters. The summed E-state index contributed by atoms with van der Waals surface area (Å²) in [5, 5.41) is 0. The van der Waals surface area contributed by atoms with E-state index >= 15 is 0 Å². The van der Waals surface area contributed by atoms with Crippen LogP contribution in [-0.4, -0.2) is 0 Å². The summed E-state index contributed by atoms with van der Waals surface area (Å²) in [6, 6.07) is 0. The van der Waals surface area contributed by atoms with Gasteiger partial charge in [-0.15, -0.1) is 0 Å². The molecular weight excluding hydrogens is 168 g/mol. The molecular formula is C14H28. The topological polar surface area (TPSA) is 0 Å². The molecule has 4 unspecified atom stereocenters. The van der Waals surface area contributed by atoms with Crippen molar-refractivity contribution in [2.75, 3.05) is 0 Å². The molecule has 0 spiro atoms. The lowest BCUT2D eigenvalue weighted by Crippen LogP contribution is -2.08. The Kier molecular flexibility index (Phi) is 3.66. The number of hydrogen-bond acceptors (Lipinski definition) is 0. The highest BCUT2D eigenvalue weighted by Gasteiger charge is 2.55. The van der Waals surface area contributed by atoms with Crippen LogP contribution in [0, 0.1) is 29.1 Å². The highest BCUT2D eigenvalue weighted by molar-refractivity contribution is 5.04. The van der Waals surface area contributed by atoms with Crippen LogP contribution < -0.4 is 0 Å². The second-order valence-corrected chi connectivity index (χ2v) is 6.07. The summed E-state index contributed by atoms with van der Waals surface area (Å²) in [6.45, 7) is 14.4. The largest absolute Gasteiger partial charge is 0.0651 e. The summed E-state index contributed by atoms with van der Waals surface area (Å²) < 4.78 is 0. The Morgan fingerprint density at radius 2 is 1.79 bits per heavy atom. The zero-order valence-corrected chi connectivity index (χ0v) is 10.9. The normalized spacial score (nSPS) is 38.8. The molecule has 0 N–H and O–H groups in total. The van der Waals surface area contributed by atoms with Crippen LogP contribution in [0.3, 0.4) is 0 Å². The Bertz CT molecular complexity index is 182. The van der Waals surface area contributed by atoms with E-state index < -0.39 is 0 Å².